The molecule has 2 saturated heterocycles. The molecule has 2 aliphatic heterocycles. The molecule has 0 unspecified atom stereocenters. The van der Waals surface area contributed by atoms with E-state index in [0.717, 1.165) is 67.6 Å². The highest BCUT2D eigenvalue weighted by atomic mass is 16.5. The minimum Gasteiger partial charge on any atom is -0.450 e. The Kier molecular flexibility index (Phi) is 6.81. The number of aromatic nitrogens is 3. The summed E-state index contributed by atoms with van der Waals surface area (Å²) in [7, 11) is 0. The Hall–Kier alpha value is -2.94. The highest BCUT2D eigenvalue weighted by Gasteiger charge is 2.20. The van der Waals surface area contributed by atoms with Crippen LogP contribution in [-0.4, -0.2) is 67.0 Å². The number of carbonyl (C=O) groups is 1. The summed E-state index contributed by atoms with van der Waals surface area (Å²) in [5.74, 6) is 2.15. The number of rotatable bonds is 5. The summed E-state index contributed by atoms with van der Waals surface area (Å²) >= 11 is 0. The Labute approximate surface area is 182 Å². The first-order valence-corrected chi connectivity index (χ1v) is 11.0. The predicted octanol–water partition coefficient (Wildman–Crippen LogP) is 3.24. The first-order chi connectivity index (χ1) is 15.1. The Balaban J connectivity index is 1.66. The van der Waals surface area contributed by atoms with Crippen LogP contribution in [0.5, 0.6) is 0 Å². The molecule has 0 aliphatic carbocycles. The molecule has 2 aromatic rings. The second kappa shape index (κ2) is 9.91. The summed E-state index contributed by atoms with van der Waals surface area (Å²) in [4.78, 5) is 30.4. The maximum absolute atomic E-state index is 11.7. The molecule has 0 spiro atoms. The number of aryl methyl sites for hydroxylation is 1. The van der Waals surface area contributed by atoms with E-state index in [-0.39, 0.29) is 0 Å². The van der Waals surface area contributed by atoms with Crippen molar-refractivity contribution < 1.29 is 14.3 Å². The smallest absolute Gasteiger partial charge is 0.412 e. The van der Waals surface area contributed by atoms with Gasteiger partial charge < -0.3 is 19.3 Å². The Morgan fingerprint density at radius 3 is 2.58 bits per heavy atom. The fraction of sp³-hybridized carbons (Fsp3) is 0.545. The fourth-order valence-corrected chi connectivity index (χ4v) is 3.91. The van der Waals surface area contributed by atoms with Crippen LogP contribution >= 0.6 is 0 Å². The third-order valence-corrected chi connectivity index (χ3v) is 5.57. The molecule has 166 valence electrons. The van der Waals surface area contributed by atoms with Crippen molar-refractivity contribution in [2.75, 3.05) is 61.1 Å². The predicted molar refractivity (Wildman–Crippen MR) is 120 cm³/mol. The molecule has 1 N–H and O–H groups in total. The zero-order valence-electron chi connectivity index (χ0n) is 18.3. The van der Waals surface area contributed by atoms with Crippen molar-refractivity contribution in [2.24, 2.45) is 0 Å². The average molecular weight is 427 g/mol. The van der Waals surface area contributed by atoms with E-state index < -0.39 is 6.09 Å². The lowest BCUT2D eigenvalue weighted by Crippen LogP contribution is -2.37. The zero-order chi connectivity index (χ0) is 21.6. The normalized spacial score (nSPS) is 16.8. The number of piperidine rings is 1. The van der Waals surface area contributed by atoms with Crippen LogP contribution in [0.3, 0.4) is 0 Å². The van der Waals surface area contributed by atoms with Crippen LogP contribution < -0.4 is 15.1 Å². The molecule has 4 heterocycles. The Morgan fingerprint density at radius 2 is 1.87 bits per heavy atom. The molecule has 2 aliphatic rings. The van der Waals surface area contributed by atoms with Crippen LogP contribution in [0.1, 0.15) is 31.7 Å². The lowest BCUT2D eigenvalue weighted by Gasteiger charge is -2.31. The van der Waals surface area contributed by atoms with Gasteiger partial charge in [0.15, 0.2) is 0 Å². The van der Waals surface area contributed by atoms with Crippen LogP contribution in [0.4, 0.5) is 22.4 Å². The van der Waals surface area contributed by atoms with E-state index in [4.69, 9.17) is 19.4 Å². The summed E-state index contributed by atoms with van der Waals surface area (Å²) in [6.45, 7) is 9.06. The second-order valence-electron chi connectivity index (χ2n) is 7.79. The number of hydrogen-bond acceptors (Lipinski definition) is 8. The molecule has 4 rings (SSSR count). The first-order valence-electron chi connectivity index (χ1n) is 11.0. The van der Waals surface area contributed by atoms with Crippen LogP contribution in [0.2, 0.25) is 0 Å². The van der Waals surface area contributed by atoms with Crippen LogP contribution in [0.25, 0.3) is 11.3 Å². The molecule has 0 radical (unpaired) electrons. The van der Waals surface area contributed by atoms with Gasteiger partial charge in [-0.2, -0.15) is 4.98 Å². The molecule has 0 aromatic carbocycles. The van der Waals surface area contributed by atoms with Gasteiger partial charge in [0.2, 0.25) is 5.95 Å². The third-order valence-electron chi connectivity index (χ3n) is 5.57. The van der Waals surface area contributed by atoms with Crippen molar-refractivity contribution in [3.8, 4) is 11.3 Å². The van der Waals surface area contributed by atoms with Crippen molar-refractivity contribution in [3.63, 3.8) is 0 Å². The van der Waals surface area contributed by atoms with Crippen LogP contribution in [0, 0.1) is 6.92 Å². The molecule has 9 nitrogen and oxygen atoms in total. The van der Waals surface area contributed by atoms with E-state index in [2.05, 4.69) is 20.1 Å². The summed E-state index contributed by atoms with van der Waals surface area (Å²) in [6.07, 6.45) is 4.82. The molecule has 2 fully saturated rings. The number of amides is 1. The maximum Gasteiger partial charge on any atom is 0.412 e. The van der Waals surface area contributed by atoms with Gasteiger partial charge in [0.1, 0.15) is 11.6 Å². The molecule has 2 aromatic heterocycles. The highest BCUT2D eigenvalue weighted by molar-refractivity contribution is 5.84. The SMILES string of the molecule is CCOC(=O)Nc1cc(C)c(-c2cc(N3CCOCC3)nc(N3CCCCC3)n2)cn1. The summed E-state index contributed by atoms with van der Waals surface area (Å²) in [5, 5.41) is 2.65. The van der Waals surface area contributed by atoms with E-state index in [1.807, 2.05) is 19.1 Å². The van der Waals surface area contributed by atoms with Gasteiger partial charge in [-0.3, -0.25) is 5.32 Å². The number of carbonyl (C=O) groups excluding carboxylic acids is 1. The van der Waals surface area contributed by atoms with Gasteiger partial charge in [-0.15, -0.1) is 0 Å². The Bertz CT molecular complexity index is 874. The number of ether oxygens (including phenoxy) is 2. The number of anilines is 3. The molecule has 0 atom stereocenters. The number of pyridine rings is 1. The standard InChI is InChI=1S/C22H30N6O3/c1-3-31-22(29)25-19-13-16(2)17(15-23-19)18-14-20(27-9-11-30-12-10-27)26-21(24-18)28-7-5-4-6-8-28/h13-15H,3-12H2,1-2H3,(H,23,25,29). The van der Waals surface area contributed by atoms with Gasteiger partial charge in [-0.25, -0.2) is 14.8 Å². The quantitative estimate of drug-likeness (QED) is 0.779. The van der Waals surface area contributed by atoms with Crippen molar-refractivity contribution in [1.29, 1.82) is 0 Å². The van der Waals surface area contributed by atoms with Crippen molar-refractivity contribution in [1.82, 2.24) is 15.0 Å². The minimum absolute atomic E-state index is 0.313. The number of morpholine rings is 1. The van der Waals surface area contributed by atoms with E-state index >= 15 is 0 Å². The van der Waals surface area contributed by atoms with Crippen LogP contribution in [0.15, 0.2) is 18.3 Å². The van der Waals surface area contributed by atoms with Gasteiger partial charge in [0, 0.05) is 44.0 Å². The summed E-state index contributed by atoms with van der Waals surface area (Å²) in [5.41, 5.74) is 2.73. The topological polar surface area (TPSA) is 92.7 Å². The molecule has 1 amide bonds. The lowest BCUT2D eigenvalue weighted by molar-refractivity contribution is 0.122. The molecule has 9 heteroatoms. The number of nitrogens with one attached hydrogen (secondary N) is 1. The van der Waals surface area contributed by atoms with Gasteiger partial charge in [0.25, 0.3) is 0 Å². The highest BCUT2D eigenvalue weighted by Crippen LogP contribution is 2.29. The monoisotopic (exact) mass is 426 g/mol. The van der Waals surface area contributed by atoms with Gasteiger partial charge in [0.05, 0.1) is 25.5 Å². The zero-order valence-corrected chi connectivity index (χ0v) is 18.3. The van der Waals surface area contributed by atoms with Crippen molar-refractivity contribution in [2.45, 2.75) is 33.1 Å². The van der Waals surface area contributed by atoms with Crippen molar-refractivity contribution in [3.05, 3.63) is 23.9 Å². The first kappa shape index (κ1) is 21.3. The second-order valence-corrected chi connectivity index (χ2v) is 7.79. The van der Waals surface area contributed by atoms with Crippen LogP contribution in [-0.2, 0) is 9.47 Å². The van der Waals surface area contributed by atoms with E-state index in [1.54, 1.807) is 13.1 Å². The largest absolute Gasteiger partial charge is 0.450 e. The van der Waals surface area contributed by atoms with E-state index in [9.17, 15) is 4.79 Å². The fourth-order valence-electron chi connectivity index (χ4n) is 3.91. The van der Waals surface area contributed by atoms with Gasteiger partial charge >= 0.3 is 6.09 Å². The van der Waals surface area contributed by atoms with Crippen molar-refractivity contribution >= 4 is 23.7 Å². The number of hydrogen-bond donors (Lipinski definition) is 1. The molecular weight excluding hydrogens is 396 g/mol. The Morgan fingerprint density at radius 1 is 1.10 bits per heavy atom. The third kappa shape index (κ3) is 5.22. The van der Waals surface area contributed by atoms with E-state index in [0.29, 0.717) is 25.6 Å². The molecular formula is C22H30N6O3. The van der Waals surface area contributed by atoms with Gasteiger partial charge in [-0.1, -0.05) is 0 Å². The average Bonchev–Trinajstić information content (AvgIpc) is 2.80. The minimum atomic E-state index is -0.508. The molecule has 0 bridgehead atoms. The lowest BCUT2D eigenvalue weighted by atomic mass is 10.1. The summed E-state index contributed by atoms with van der Waals surface area (Å²) in [6, 6.07) is 3.87. The summed E-state index contributed by atoms with van der Waals surface area (Å²) < 4.78 is 10.4. The van der Waals surface area contributed by atoms with E-state index in [1.165, 1.54) is 6.42 Å². The number of nitrogens with zero attached hydrogens (tertiary/aromatic N) is 5. The van der Waals surface area contributed by atoms with Gasteiger partial charge in [-0.05, 0) is 44.7 Å². The molecule has 0 saturated carbocycles. The molecule has 31 heavy (non-hydrogen) atoms. The maximum atomic E-state index is 11.7.